The Hall–Kier alpha value is -2.00. The molecule has 28 heavy (non-hydrogen) atoms. The number of thiocarbonyl (C=S) groups is 1. The molecule has 0 saturated carbocycles. The van der Waals surface area contributed by atoms with Crippen LogP contribution >= 0.6 is 12.2 Å². The number of hydrogen-bond acceptors (Lipinski definition) is 4. The average molecular weight is 418 g/mol. The number of aryl methyl sites for hydroxylation is 1. The first kappa shape index (κ1) is 19.3. The third-order valence-electron chi connectivity index (χ3n) is 5.07. The van der Waals surface area contributed by atoms with E-state index in [4.69, 9.17) is 17.0 Å². The van der Waals surface area contributed by atoms with Gasteiger partial charge in [-0.25, -0.2) is 8.42 Å². The van der Waals surface area contributed by atoms with Crippen LogP contribution in [0.2, 0.25) is 0 Å². The van der Waals surface area contributed by atoms with E-state index in [1.165, 1.54) is 9.87 Å². The van der Waals surface area contributed by atoms with Gasteiger partial charge in [0.1, 0.15) is 0 Å². The summed E-state index contributed by atoms with van der Waals surface area (Å²) >= 11 is 5.62. The quantitative estimate of drug-likeness (QED) is 0.775. The first-order chi connectivity index (χ1) is 13.6. The molecule has 1 fully saturated rings. The van der Waals surface area contributed by atoms with Crippen molar-refractivity contribution in [3.63, 3.8) is 0 Å². The Kier molecular flexibility index (Phi) is 5.63. The summed E-state index contributed by atoms with van der Waals surface area (Å²) in [5, 5.41) is 3.86. The van der Waals surface area contributed by atoms with Crippen LogP contribution in [0.25, 0.3) is 0 Å². The first-order valence-electron chi connectivity index (χ1n) is 9.40. The maximum absolute atomic E-state index is 12.7. The van der Waals surface area contributed by atoms with Crippen molar-refractivity contribution in [2.75, 3.05) is 43.1 Å². The number of fused-ring (bicyclic) bond motifs is 1. The minimum absolute atomic E-state index is 0.286. The lowest BCUT2D eigenvalue weighted by atomic mass is 10.0. The lowest BCUT2D eigenvalue weighted by Crippen LogP contribution is -2.40. The summed E-state index contributed by atoms with van der Waals surface area (Å²) in [6.07, 6.45) is 2.11. The van der Waals surface area contributed by atoms with Crippen molar-refractivity contribution in [3.8, 4) is 0 Å². The molecule has 0 atom stereocenters. The van der Waals surface area contributed by atoms with Gasteiger partial charge in [0.2, 0.25) is 10.0 Å². The van der Waals surface area contributed by atoms with E-state index in [1.54, 1.807) is 24.3 Å². The van der Waals surface area contributed by atoms with Crippen molar-refractivity contribution in [1.29, 1.82) is 0 Å². The maximum atomic E-state index is 12.7. The maximum Gasteiger partial charge on any atom is 0.243 e. The molecular weight excluding hydrogens is 394 g/mol. The number of morpholine rings is 1. The molecule has 1 saturated heterocycles. The van der Waals surface area contributed by atoms with Gasteiger partial charge in [0.05, 0.1) is 18.1 Å². The number of para-hydroxylation sites is 1. The zero-order valence-corrected chi connectivity index (χ0v) is 17.1. The number of nitrogens with one attached hydrogen (secondary N) is 1. The summed E-state index contributed by atoms with van der Waals surface area (Å²) in [7, 11) is -3.49. The molecule has 2 heterocycles. The number of anilines is 2. The van der Waals surface area contributed by atoms with Crippen LogP contribution in [-0.4, -0.2) is 50.7 Å². The molecule has 0 amide bonds. The van der Waals surface area contributed by atoms with Gasteiger partial charge in [0.15, 0.2) is 5.11 Å². The topological polar surface area (TPSA) is 61.9 Å². The molecule has 2 aromatic carbocycles. The lowest BCUT2D eigenvalue weighted by molar-refractivity contribution is 0.0730. The number of hydrogen-bond donors (Lipinski definition) is 1. The third-order valence-corrected chi connectivity index (χ3v) is 7.30. The largest absolute Gasteiger partial charge is 0.379 e. The molecule has 2 aliphatic rings. The van der Waals surface area contributed by atoms with Crippen molar-refractivity contribution < 1.29 is 13.2 Å². The molecule has 148 valence electrons. The Bertz CT molecular complexity index is 955. The third kappa shape index (κ3) is 3.91. The highest BCUT2D eigenvalue weighted by atomic mass is 32.2. The molecule has 8 heteroatoms. The Morgan fingerprint density at radius 2 is 1.71 bits per heavy atom. The Balaban J connectivity index is 1.47. The van der Waals surface area contributed by atoms with E-state index < -0.39 is 10.0 Å². The molecule has 2 aromatic rings. The normalized spacial score (nSPS) is 17.8. The molecule has 0 radical (unpaired) electrons. The predicted molar refractivity (Wildman–Crippen MR) is 114 cm³/mol. The fourth-order valence-corrected chi connectivity index (χ4v) is 5.30. The van der Waals surface area contributed by atoms with E-state index >= 15 is 0 Å². The Labute approximate surface area is 171 Å². The fraction of sp³-hybridized carbons (Fsp3) is 0.350. The molecule has 0 unspecified atom stereocenters. The molecule has 0 spiro atoms. The molecule has 4 rings (SSSR count). The Morgan fingerprint density at radius 1 is 1.00 bits per heavy atom. The van der Waals surface area contributed by atoms with Gasteiger partial charge in [-0.1, -0.05) is 18.2 Å². The van der Waals surface area contributed by atoms with Crippen LogP contribution in [0.5, 0.6) is 0 Å². The number of rotatable bonds is 3. The molecular formula is C20H23N3O3S2. The second kappa shape index (κ2) is 8.16. The molecule has 1 N–H and O–H groups in total. The smallest absolute Gasteiger partial charge is 0.243 e. The van der Waals surface area contributed by atoms with Crippen LogP contribution in [0, 0.1) is 0 Å². The van der Waals surface area contributed by atoms with E-state index in [0.29, 0.717) is 31.4 Å². The molecule has 0 bridgehead atoms. The van der Waals surface area contributed by atoms with Crippen LogP contribution in [0.15, 0.2) is 53.4 Å². The molecule has 0 aliphatic carbocycles. The molecule has 2 aliphatic heterocycles. The zero-order chi connectivity index (χ0) is 19.6. The highest BCUT2D eigenvalue weighted by Crippen LogP contribution is 2.27. The number of ether oxygens (including phenoxy) is 1. The van der Waals surface area contributed by atoms with E-state index in [-0.39, 0.29) is 4.90 Å². The van der Waals surface area contributed by atoms with Gasteiger partial charge in [-0.3, -0.25) is 0 Å². The minimum Gasteiger partial charge on any atom is -0.379 e. The van der Waals surface area contributed by atoms with E-state index in [0.717, 1.165) is 30.8 Å². The van der Waals surface area contributed by atoms with Gasteiger partial charge in [-0.05, 0) is 61.0 Å². The van der Waals surface area contributed by atoms with Gasteiger partial charge in [-0.15, -0.1) is 0 Å². The van der Waals surface area contributed by atoms with E-state index in [9.17, 15) is 8.42 Å². The van der Waals surface area contributed by atoms with Crippen molar-refractivity contribution in [2.24, 2.45) is 0 Å². The van der Waals surface area contributed by atoms with Crippen LogP contribution in [-0.2, 0) is 21.2 Å². The fourth-order valence-electron chi connectivity index (χ4n) is 3.58. The SMILES string of the molecule is O=S(=O)(c1ccc(NC(=S)N2CCCc3ccccc32)cc1)N1CCOCC1. The van der Waals surface area contributed by atoms with Gasteiger partial charge >= 0.3 is 0 Å². The highest BCUT2D eigenvalue weighted by Gasteiger charge is 2.26. The van der Waals surface area contributed by atoms with Crippen LogP contribution < -0.4 is 10.2 Å². The Morgan fingerprint density at radius 3 is 2.46 bits per heavy atom. The second-order valence-electron chi connectivity index (χ2n) is 6.85. The monoisotopic (exact) mass is 417 g/mol. The average Bonchev–Trinajstić information content (AvgIpc) is 2.74. The van der Waals surface area contributed by atoms with E-state index in [1.807, 2.05) is 12.1 Å². The molecule has 6 nitrogen and oxygen atoms in total. The van der Waals surface area contributed by atoms with E-state index in [2.05, 4.69) is 22.3 Å². The summed E-state index contributed by atoms with van der Waals surface area (Å²) in [6.45, 7) is 2.52. The number of benzene rings is 2. The van der Waals surface area contributed by atoms with Crippen molar-refractivity contribution in [3.05, 3.63) is 54.1 Å². The molecule has 0 aromatic heterocycles. The first-order valence-corrected chi connectivity index (χ1v) is 11.2. The van der Waals surface area contributed by atoms with Gasteiger partial charge in [-0.2, -0.15) is 4.31 Å². The summed E-state index contributed by atoms with van der Waals surface area (Å²) in [5.41, 5.74) is 3.21. The van der Waals surface area contributed by atoms with Crippen LogP contribution in [0.3, 0.4) is 0 Å². The lowest BCUT2D eigenvalue weighted by Gasteiger charge is -2.31. The summed E-state index contributed by atoms with van der Waals surface area (Å²) in [5.74, 6) is 0. The summed E-state index contributed by atoms with van der Waals surface area (Å²) in [6, 6.07) is 15.1. The predicted octanol–water partition coefficient (Wildman–Crippen LogP) is 2.86. The van der Waals surface area contributed by atoms with Gasteiger partial charge < -0.3 is 15.0 Å². The minimum atomic E-state index is -3.49. The number of sulfonamides is 1. The zero-order valence-electron chi connectivity index (χ0n) is 15.5. The second-order valence-corrected chi connectivity index (χ2v) is 9.18. The van der Waals surface area contributed by atoms with Crippen molar-refractivity contribution in [1.82, 2.24) is 4.31 Å². The standard InChI is InChI=1S/C20H23N3O3S2/c24-28(25,22-12-14-26-15-13-22)18-9-7-17(8-10-18)21-20(27)23-11-3-5-16-4-1-2-6-19(16)23/h1-2,4,6-10H,3,5,11-15H2,(H,21,27). The number of nitrogens with zero attached hydrogens (tertiary/aromatic N) is 2. The summed E-state index contributed by atoms with van der Waals surface area (Å²) in [4.78, 5) is 2.39. The van der Waals surface area contributed by atoms with Crippen molar-refractivity contribution in [2.45, 2.75) is 17.7 Å². The van der Waals surface area contributed by atoms with Crippen molar-refractivity contribution >= 4 is 38.7 Å². The van der Waals surface area contributed by atoms with Crippen LogP contribution in [0.4, 0.5) is 11.4 Å². The van der Waals surface area contributed by atoms with Crippen LogP contribution in [0.1, 0.15) is 12.0 Å². The summed E-state index contributed by atoms with van der Waals surface area (Å²) < 4.78 is 32.2. The highest BCUT2D eigenvalue weighted by molar-refractivity contribution is 7.89. The van der Waals surface area contributed by atoms with Gasteiger partial charge in [0.25, 0.3) is 0 Å². The van der Waals surface area contributed by atoms with Gasteiger partial charge in [0, 0.05) is 31.0 Å².